The molecule has 0 saturated heterocycles. The van der Waals surface area contributed by atoms with Crippen LogP contribution in [0, 0.1) is 0 Å². The van der Waals surface area contributed by atoms with E-state index >= 15 is 0 Å². The third kappa shape index (κ3) is 3.78. The molecule has 0 unspecified atom stereocenters. The van der Waals surface area contributed by atoms with E-state index in [0.29, 0.717) is 40.3 Å². The Kier molecular flexibility index (Phi) is 5.66. The number of carbonyl (C=O) groups is 2. The summed E-state index contributed by atoms with van der Waals surface area (Å²) in [6, 6.07) is 14.2. The monoisotopic (exact) mass is 428 g/mol. The third-order valence-electron chi connectivity index (χ3n) is 4.54. The van der Waals surface area contributed by atoms with Gasteiger partial charge in [-0.05, 0) is 36.4 Å². The first kappa shape index (κ1) is 19.6. The third-order valence-corrected chi connectivity index (χ3v) is 5.74. The predicted molar refractivity (Wildman–Crippen MR) is 110 cm³/mol. The topological polar surface area (TPSA) is 77.3 Å². The van der Waals surface area contributed by atoms with Crippen molar-refractivity contribution in [3.05, 3.63) is 64.7 Å². The average molecular weight is 429 g/mol. The van der Waals surface area contributed by atoms with E-state index in [0.717, 1.165) is 5.56 Å². The zero-order valence-corrected chi connectivity index (χ0v) is 17.1. The van der Waals surface area contributed by atoms with Crippen LogP contribution in [-0.4, -0.2) is 51.1 Å². The molecule has 7 nitrogen and oxygen atoms in total. The summed E-state index contributed by atoms with van der Waals surface area (Å²) < 4.78 is 7.12. The van der Waals surface area contributed by atoms with Gasteiger partial charge in [0.1, 0.15) is 0 Å². The molecule has 0 fully saturated rings. The maximum atomic E-state index is 12.6. The number of carbonyl (C=O) groups excluding carboxylic acids is 2. The van der Waals surface area contributed by atoms with Crippen molar-refractivity contribution >= 4 is 35.2 Å². The van der Waals surface area contributed by atoms with Gasteiger partial charge in [-0.1, -0.05) is 35.5 Å². The first-order valence-corrected chi connectivity index (χ1v) is 10.2. The van der Waals surface area contributed by atoms with Gasteiger partial charge in [-0.2, -0.15) is 0 Å². The fraction of sp³-hybridized carbons (Fsp3) is 0.200. The largest absolute Gasteiger partial charge is 0.383 e. The summed E-state index contributed by atoms with van der Waals surface area (Å²) in [4.78, 5) is 26.3. The molecule has 3 aromatic rings. The zero-order chi connectivity index (χ0) is 20.4. The molecule has 0 atom stereocenters. The van der Waals surface area contributed by atoms with Gasteiger partial charge in [-0.25, -0.2) is 0 Å². The van der Waals surface area contributed by atoms with Gasteiger partial charge in [-0.15, -0.1) is 10.2 Å². The van der Waals surface area contributed by atoms with Gasteiger partial charge in [0.15, 0.2) is 11.0 Å². The second-order valence-corrected chi connectivity index (χ2v) is 7.66. The Morgan fingerprint density at radius 1 is 1.00 bits per heavy atom. The van der Waals surface area contributed by atoms with E-state index < -0.39 is 0 Å². The highest BCUT2D eigenvalue weighted by atomic mass is 35.5. The Balaban J connectivity index is 1.57. The SMILES string of the molecule is COCCn1c(SCN2C(=O)c3ccccc3C2=O)nnc1-c1ccc(Cl)cc1. The van der Waals surface area contributed by atoms with Gasteiger partial charge in [0, 0.05) is 17.7 Å². The number of halogens is 1. The highest BCUT2D eigenvalue weighted by molar-refractivity contribution is 7.99. The number of rotatable bonds is 7. The number of hydrogen-bond donors (Lipinski definition) is 0. The number of imide groups is 1. The molecular formula is C20H17ClN4O3S. The second-order valence-electron chi connectivity index (χ2n) is 6.31. The second kappa shape index (κ2) is 8.36. The molecule has 1 aliphatic heterocycles. The molecule has 1 aromatic heterocycles. The van der Waals surface area contributed by atoms with Crippen LogP contribution in [0.25, 0.3) is 11.4 Å². The molecule has 1 aliphatic rings. The lowest BCUT2D eigenvalue weighted by Gasteiger charge is -2.14. The number of hydrogen-bond acceptors (Lipinski definition) is 6. The van der Waals surface area contributed by atoms with Crippen molar-refractivity contribution in [3.63, 3.8) is 0 Å². The fourth-order valence-electron chi connectivity index (χ4n) is 3.07. The number of nitrogens with zero attached hydrogens (tertiary/aromatic N) is 4. The molecule has 29 heavy (non-hydrogen) atoms. The number of aromatic nitrogens is 3. The molecule has 0 aliphatic carbocycles. The van der Waals surface area contributed by atoms with E-state index in [1.165, 1.54) is 16.7 Å². The number of amides is 2. The van der Waals surface area contributed by atoms with Crippen LogP contribution in [-0.2, 0) is 11.3 Å². The molecule has 0 radical (unpaired) electrons. The first-order valence-electron chi connectivity index (χ1n) is 8.86. The summed E-state index contributed by atoms with van der Waals surface area (Å²) >= 11 is 7.26. The summed E-state index contributed by atoms with van der Waals surface area (Å²) in [5, 5.41) is 9.80. The predicted octanol–water partition coefficient (Wildman–Crippen LogP) is 3.59. The van der Waals surface area contributed by atoms with Crippen LogP contribution < -0.4 is 0 Å². The van der Waals surface area contributed by atoms with Crippen LogP contribution >= 0.6 is 23.4 Å². The molecule has 148 valence electrons. The van der Waals surface area contributed by atoms with Gasteiger partial charge in [0.2, 0.25) is 0 Å². The van der Waals surface area contributed by atoms with Gasteiger partial charge < -0.3 is 4.74 Å². The van der Waals surface area contributed by atoms with Crippen molar-refractivity contribution in [3.8, 4) is 11.4 Å². The van der Waals surface area contributed by atoms with Crippen LogP contribution in [0.3, 0.4) is 0 Å². The molecule has 4 rings (SSSR count). The molecule has 0 N–H and O–H groups in total. The van der Waals surface area contributed by atoms with Crippen molar-refractivity contribution in [2.45, 2.75) is 11.7 Å². The Morgan fingerprint density at radius 3 is 2.28 bits per heavy atom. The minimum Gasteiger partial charge on any atom is -0.383 e. The number of thioether (sulfide) groups is 1. The summed E-state index contributed by atoms with van der Waals surface area (Å²) in [5.74, 6) is 0.236. The van der Waals surface area contributed by atoms with Crippen LogP contribution in [0.1, 0.15) is 20.7 Å². The molecule has 2 aromatic carbocycles. The van der Waals surface area contributed by atoms with Crippen molar-refractivity contribution in [2.24, 2.45) is 0 Å². The van der Waals surface area contributed by atoms with E-state index in [2.05, 4.69) is 10.2 Å². The molecule has 2 heterocycles. The summed E-state index contributed by atoms with van der Waals surface area (Å²) in [7, 11) is 1.62. The maximum Gasteiger partial charge on any atom is 0.262 e. The lowest BCUT2D eigenvalue weighted by Crippen LogP contribution is -2.29. The van der Waals surface area contributed by atoms with E-state index in [4.69, 9.17) is 16.3 Å². The molecule has 0 spiro atoms. The minimum absolute atomic E-state index is 0.151. The van der Waals surface area contributed by atoms with E-state index in [9.17, 15) is 9.59 Å². The van der Waals surface area contributed by atoms with Gasteiger partial charge in [-0.3, -0.25) is 19.1 Å². The molecule has 9 heteroatoms. The fourth-order valence-corrected chi connectivity index (χ4v) is 4.11. The summed E-state index contributed by atoms with van der Waals surface area (Å²) in [6.07, 6.45) is 0. The lowest BCUT2D eigenvalue weighted by molar-refractivity contribution is 0.0684. The summed E-state index contributed by atoms with van der Waals surface area (Å²) in [6.45, 7) is 1.01. The number of methoxy groups -OCH3 is 1. The van der Waals surface area contributed by atoms with Crippen molar-refractivity contribution in [1.82, 2.24) is 19.7 Å². The van der Waals surface area contributed by atoms with Crippen molar-refractivity contribution in [2.75, 3.05) is 19.6 Å². The molecule has 0 saturated carbocycles. The van der Waals surface area contributed by atoms with Crippen LogP contribution in [0.4, 0.5) is 0 Å². The van der Waals surface area contributed by atoms with Gasteiger partial charge >= 0.3 is 0 Å². The molecule has 2 amide bonds. The number of benzene rings is 2. The highest BCUT2D eigenvalue weighted by Gasteiger charge is 2.35. The highest BCUT2D eigenvalue weighted by Crippen LogP contribution is 2.29. The van der Waals surface area contributed by atoms with E-state index in [-0.39, 0.29) is 17.7 Å². The standard InChI is InChI=1S/C20H17ClN4O3S/c1-28-11-10-24-17(13-6-8-14(21)9-7-13)22-23-20(24)29-12-25-18(26)15-4-2-3-5-16(15)19(25)27/h2-9H,10-12H2,1H3. The average Bonchev–Trinajstić information content (AvgIpc) is 3.25. The van der Waals surface area contributed by atoms with Crippen LogP contribution in [0.2, 0.25) is 5.02 Å². The van der Waals surface area contributed by atoms with Crippen molar-refractivity contribution < 1.29 is 14.3 Å². The Hall–Kier alpha value is -2.68. The summed E-state index contributed by atoms with van der Waals surface area (Å²) in [5.41, 5.74) is 1.73. The number of fused-ring (bicyclic) bond motifs is 1. The van der Waals surface area contributed by atoms with Crippen LogP contribution in [0.15, 0.2) is 53.7 Å². The van der Waals surface area contributed by atoms with Crippen molar-refractivity contribution in [1.29, 1.82) is 0 Å². The minimum atomic E-state index is -0.293. The van der Waals surface area contributed by atoms with E-state index in [1.807, 2.05) is 16.7 Å². The first-order chi connectivity index (χ1) is 14.1. The maximum absolute atomic E-state index is 12.6. The smallest absolute Gasteiger partial charge is 0.262 e. The quantitative estimate of drug-likeness (QED) is 0.422. The van der Waals surface area contributed by atoms with Crippen LogP contribution in [0.5, 0.6) is 0 Å². The Morgan fingerprint density at radius 2 is 1.66 bits per heavy atom. The molecule has 0 bridgehead atoms. The normalized spacial score (nSPS) is 13.2. The van der Waals surface area contributed by atoms with Gasteiger partial charge in [0.05, 0.1) is 30.2 Å². The Bertz CT molecular complexity index is 1030. The lowest BCUT2D eigenvalue weighted by atomic mass is 10.1. The van der Waals surface area contributed by atoms with Gasteiger partial charge in [0.25, 0.3) is 11.8 Å². The number of ether oxygens (including phenoxy) is 1. The Labute approximate surface area is 176 Å². The van der Waals surface area contributed by atoms with E-state index in [1.54, 1.807) is 43.5 Å². The zero-order valence-electron chi connectivity index (χ0n) is 15.5. The molecular weight excluding hydrogens is 412 g/mol.